The van der Waals surface area contributed by atoms with Gasteiger partial charge in [0.25, 0.3) is 0 Å². The zero-order valence-electron chi connectivity index (χ0n) is 18.9. The van der Waals surface area contributed by atoms with Crippen molar-refractivity contribution in [3.8, 4) is 0 Å². The Labute approximate surface area is 180 Å². The molecule has 1 aliphatic heterocycles. The van der Waals surface area contributed by atoms with Crippen molar-refractivity contribution in [3.05, 3.63) is 52.3 Å². The number of nitrogens with zero attached hydrogens (tertiary/aromatic N) is 4. The Morgan fingerprint density at radius 1 is 1.13 bits per heavy atom. The maximum Gasteiger partial charge on any atom is 0.243 e. The zero-order valence-corrected chi connectivity index (χ0v) is 18.9. The number of rotatable bonds is 6. The average Bonchev–Trinajstić information content (AvgIpc) is 3.32. The minimum Gasteiger partial charge on any atom is -0.344 e. The molecule has 2 heterocycles. The van der Waals surface area contributed by atoms with Gasteiger partial charge in [0.2, 0.25) is 5.91 Å². The van der Waals surface area contributed by atoms with E-state index < -0.39 is 5.54 Å². The fraction of sp³-hybridized carbons (Fsp3) is 0.583. The highest BCUT2D eigenvalue weighted by Gasteiger charge is 2.50. The summed E-state index contributed by atoms with van der Waals surface area (Å²) in [7, 11) is 1.97. The molecule has 1 aromatic heterocycles. The minimum atomic E-state index is -0.446. The van der Waals surface area contributed by atoms with Crippen LogP contribution in [0.3, 0.4) is 0 Å². The third-order valence-corrected chi connectivity index (χ3v) is 7.23. The van der Waals surface area contributed by atoms with Gasteiger partial charge < -0.3 is 9.80 Å². The normalized spacial score (nSPS) is 19.1. The van der Waals surface area contributed by atoms with Crippen LogP contribution >= 0.6 is 0 Å². The van der Waals surface area contributed by atoms with E-state index in [-0.39, 0.29) is 5.91 Å². The van der Waals surface area contributed by atoms with Gasteiger partial charge in [-0.2, -0.15) is 5.10 Å². The lowest BCUT2D eigenvalue weighted by Crippen LogP contribution is -2.64. The minimum absolute atomic E-state index is 0.266. The molecule has 0 unspecified atom stereocenters. The predicted octanol–water partition coefficient (Wildman–Crippen LogP) is 2.20. The summed E-state index contributed by atoms with van der Waals surface area (Å²) >= 11 is 0. The van der Waals surface area contributed by atoms with Crippen molar-refractivity contribution < 1.29 is 4.79 Å². The monoisotopic (exact) mass is 409 g/mol. The summed E-state index contributed by atoms with van der Waals surface area (Å²) < 4.78 is 0. The van der Waals surface area contributed by atoms with Crippen molar-refractivity contribution in [2.45, 2.75) is 45.6 Å². The summed E-state index contributed by atoms with van der Waals surface area (Å²) in [6, 6.07) is 8.60. The van der Waals surface area contributed by atoms with E-state index in [1.54, 1.807) is 0 Å². The summed E-state index contributed by atoms with van der Waals surface area (Å²) in [6.45, 7) is 12.1. The molecule has 1 saturated heterocycles. The molecule has 1 aliphatic carbocycles. The summed E-state index contributed by atoms with van der Waals surface area (Å²) in [5.74, 6) is 0.266. The second-order valence-electron chi connectivity index (χ2n) is 8.96. The van der Waals surface area contributed by atoms with Gasteiger partial charge in [-0.05, 0) is 43.5 Å². The number of piperazine rings is 1. The largest absolute Gasteiger partial charge is 0.344 e. The van der Waals surface area contributed by atoms with Crippen LogP contribution in [0, 0.1) is 13.8 Å². The Kier molecular flexibility index (Phi) is 5.98. The molecule has 4 rings (SSSR count). The second-order valence-corrected chi connectivity index (χ2v) is 8.96. The first kappa shape index (κ1) is 21.1. The second kappa shape index (κ2) is 8.52. The van der Waals surface area contributed by atoms with E-state index >= 15 is 0 Å². The van der Waals surface area contributed by atoms with Gasteiger partial charge in [-0.25, -0.2) is 0 Å². The Morgan fingerprint density at radius 2 is 1.77 bits per heavy atom. The van der Waals surface area contributed by atoms with Crippen molar-refractivity contribution in [1.82, 2.24) is 24.9 Å². The summed E-state index contributed by atoms with van der Waals surface area (Å²) in [4.78, 5) is 20.9. The highest BCUT2D eigenvalue weighted by molar-refractivity contribution is 5.88. The molecule has 1 amide bonds. The molecule has 1 fully saturated rings. The third-order valence-electron chi connectivity index (χ3n) is 7.23. The number of amides is 1. The average molecular weight is 410 g/mol. The van der Waals surface area contributed by atoms with E-state index in [1.165, 1.54) is 16.7 Å². The Hall–Kier alpha value is -2.18. The molecule has 2 aromatic rings. The quantitative estimate of drug-likeness (QED) is 0.795. The van der Waals surface area contributed by atoms with Gasteiger partial charge in [-0.1, -0.05) is 31.2 Å². The molecule has 0 saturated carbocycles. The number of hydrogen-bond acceptors (Lipinski definition) is 4. The topological polar surface area (TPSA) is 55.5 Å². The molecule has 1 aromatic carbocycles. The van der Waals surface area contributed by atoms with Gasteiger partial charge in [-0.15, -0.1) is 0 Å². The molecule has 0 bridgehead atoms. The van der Waals surface area contributed by atoms with Crippen LogP contribution in [0.4, 0.5) is 0 Å². The highest BCUT2D eigenvalue weighted by Crippen LogP contribution is 2.37. The van der Waals surface area contributed by atoms with Crippen molar-refractivity contribution in [3.63, 3.8) is 0 Å². The standard InChI is InChI=1S/C24H35N5O/c1-5-28-12-14-29(15-13-28)24(16-20-8-6-7-9-21(20)17-24)23(30)27(4)11-10-22-18(2)25-26-19(22)3/h6-9H,5,10-17H2,1-4H3,(H,25,26). The Bertz CT molecular complexity index is 852. The van der Waals surface area contributed by atoms with E-state index in [0.717, 1.165) is 63.4 Å². The molecular formula is C24H35N5O. The summed E-state index contributed by atoms with van der Waals surface area (Å²) in [5, 5.41) is 7.36. The molecule has 30 heavy (non-hydrogen) atoms. The molecule has 2 aliphatic rings. The number of fused-ring (bicyclic) bond motifs is 1. The lowest BCUT2D eigenvalue weighted by Gasteiger charge is -2.46. The highest BCUT2D eigenvalue weighted by atomic mass is 16.2. The van der Waals surface area contributed by atoms with Crippen LogP contribution in [0.1, 0.15) is 35.0 Å². The Balaban J connectivity index is 1.54. The fourth-order valence-electron chi connectivity index (χ4n) is 5.28. The third kappa shape index (κ3) is 3.79. The SMILES string of the molecule is CCN1CCN(C2(C(=O)N(C)CCc3c(C)n[nH]c3C)Cc3ccccc3C2)CC1. The number of benzene rings is 1. The first-order valence-corrected chi connectivity index (χ1v) is 11.2. The van der Waals surface area contributed by atoms with Gasteiger partial charge in [0, 0.05) is 58.3 Å². The molecule has 0 radical (unpaired) electrons. The number of hydrogen-bond donors (Lipinski definition) is 1. The zero-order chi connectivity index (χ0) is 21.3. The van der Waals surface area contributed by atoms with Crippen molar-refractivity contribution in [1.29, 1.82) is 0 Å². The van der Waals surface area contributed by atoms with E-state index in [0.29, 0.717) is 6.54 Å². The number of aromatic amines is 1. The van der Waals surface area contributed by atoms with Crippen molar-refractivity contribution >= 4 is 5.91 Å². The maximum atomic E-state index is 14.0. The summed E-state index contributed by atoms with van der Waals surface area (Å²) in [6.07, 6.45) is 2.48. The molecule has 1 N–H and O–H groups in total. The first-order valence-electron chi connectivity index (χ1n) is 11.2. The first-order chi connectivity index (χ1) is 14.4. The van der Waals surface area contributed by atoms with Gasteiger partial charge in [0.1, 0.15) is 5.54 Å². The van der Waals surface area contributed by atoms with Crippen LogP contribution in [-0.4, -0.2) is 82.7 Å². The smallest absolute Gasteiger partial charge is 0.243 e. The van der Waals surface area contributed by atoms with Crippen molar-refractivity contribution in [2.24, 2.45) is 0 Å². The van der Waals surface area contributed by atoms with Gasteiger partial charge >= 0.3 is 0 Å². The van der Waals surface area contributed by atoms with Gasteiger partial charge in [0.05, 0.1) is 5.69 Å². The van der Waals surface area contributed by atoms with Crippen LogP contribution in [0.15, 0.2) is 24.3 Å². The number of carbonyl (C=O) groups is 1. The number of H-pyrrole nitrogens is 1. The molecule has 6 nitrogen and oxygen atoms in total. The molecule has 0 spiro atoms. The summed E-state index contributed by atoms with van der Waals surface area (Å²) in [5.41, 5.74) is 5.59. The van der Waals surface area contributed by atoms with Gasteiger partial charge in [0.15, 0.2) is 0 Å². The molecule has 0 atom stereocenters. The predicted molar refractivity (Wildman–Crippen MR) is 120 cm³/mol. The lowest BCUT2D eigenvalue weighted by molar-refractivity contribution is -0.144. The van der Waals surface area contributed by atoms with Crippen LogP contribution in [0.25, 0.3) is 0 Å². The number of nitrogens with one attached hydrogen (secondary N) is 1. The number of aromatic nitrogens is 2. The van der Waals surface area contributed by atoms with Crippen LogP contribution in [0.5, 0.6) is 0 Å². The Morgan fingerprint density at radius 3 is 2.30 bits per heavy atom. The molecule has 6 heteroatoms. The van der Waals surface area contributed by atoms with Crippen LogP contribution in [0.2, 0.25) is 0 Å². The van der Waals surface area contributed by atoms with Crippen LogP contribution in [-0.2, 0) is 24.1 Å². The number of aryl methyl sites for hydroxylation is 2. The van der Waals surface area contributed by atoms with Crippen molar-refractivity contribution in [2.75, 3.05) is 46.3 Å². The number of likely N-dealkylation sites (N-methyl/N-ethyl adjacent to an activating group) is 2. The van der Waals surface area contributed by atoms with E-state index in [9.17, 15) is 4.79 Å². The molecule has 162 valence electrons. The lowest BCUT2D eigenvalue weighted by atomic mass is 9.90. The van der Waals surface area contributed by atoms with Crippen LogP contribution < -0.4 is 0 Å². The van der Waals surface area contributed by atoms with Gasteiger partial charge in [-0.3, -0.25) is 14.8 Å². The fourth-order valence-corrected chi connectivity index (χ4v) is 5.28. The van der Waals surface area contributed by atoms with E-state index in [1.807, 2.05) is 18.9 Å². The number of carbonyl (C=O) groups excluding carboxylic acids is 1. The maximum absolute atomic E-state index is 14.0. The van der Waals surface area contributed by atoms with E-state index in [4.69, 9.17) is 0 Å². The van der Waals surface area contributed by atoms with E-state index in [2.05, 4.69) is 58.1 Å². The molecular weight excluding hydrogens is 374 g/mol.